The molecular formula is C12H18ClN3OSi. The maximum atomic E-state index is 6.34. The summed E-state index contributed by atoms with van der Waals surface area (Å²) in [5.41, 5.74) is 0.683. The minimum atomic E-state index is -1.90. The zero-order valence-electron chi connectivity index (χ0n) is 11.3. The van der Waals surface area contributed by atoms with E-state index in [1.54, 1.807) is 12.4 Å². The summed E-state index contributed by atoms with van der Waals surface area (Å²) in [4.78, 5) is 4.26. The van der Waals surface area contributed by atoms with E-state index in [1.165, 1.54) is 0 Å². The number of H-pyrrole nitrogens is 1. The van der Waals surface area contributed by atoms with Crippen LogP contribution in [0.4, 0.5) is 0 Å². The number of nitrogens with zero attached hydrogens (tertiary/aromatic N) is 2. The zero-order chi connectivity index (χ0) is 13.6. The van der Waals surface area contributed by atoms with E-state index >= 15 is 0 Å². The topological polar surface area (TPSA) is 50.8 Å². The Bertz CT molecular complexity index is 574. The van der Waals surface area contributed by atoms with E-state index < -0.39 is 8.32 Å². The monoisotopic (exact) mass is 283 g/mol. The number of aromatic nitrogens is 3. The predicted molar refractivity (Wildman–Crippen MR) is 76.7 cm³/mol. The molecule has 0 fully saturated rings. The lowest BCUT2D eigenvalue weighted by molar-refractivity contribution is 0.491. The number of aromatic amines is 1. The predicted octanol–water partition coefficient (Wildman–Crippen LogP) is 4.00. The lowest BCUT2D eigenvalue weighted by atomic mass is 10.2. The van der Waals surface area contributed by atoms with Crippen LogP contribution in [0, 0.1) is 0 Å². The van der Waals surface area contributed by atoms with Gasteiger partial charge >= 0.3 is 0 Å². The fourth-order valence-electron chi connectivity index (χ4n) is 1.35. The second kappa shape index (κ2) is 4.24. The highest BCUT2D eigenvalue weighted by Gasteiger charge is 2.39. The van der Waals surface area contributed by atoms with Crippen molar-refractivity contribution in [3.63, 3.8) is 0 Å². The third kappa shape index (κ3) is 2.24. The van der Waals surface area contributed by atoms with Crippen LogP contribution >= 0.6 is 11.6 Å². The van der Waals surface area contributed by atoms with Gasteiger partial charge in [0, 0.05) is 0 Å². The number of halogens is 1. The van der Waals surface area contributed by atoms with Crippen molar-refractivity contribution in [1.29, 1.82) is 0 Å². The van der Waals surface area contributed by atoms with Crippen molar-refractivity contribution >= 4 is 31.0 Å². The van der Waals surface area contributed by atoms with Gasteiger partial charge in [-0.15, -0.1) is 0 Å². The molecule has 0 aliphatic rings. The van der Waals surface area contributed by atoms with E-state index in [4.69, 9.17) is 16.0 Å². The summed E-state index contributed by atoms with van der Waals surface area (Å²) in [5, 5.41) is 8.23. The summed E-state index contributed by atoms with van der Waals surface area (Å²) >= 11 is 6.34. The van der Waals surface area contributed by atoms with Gasteiger partial charge in [0.15, 0.2) is 5.65 Å². The average Bonchev–Trinajstić information content (AvgIpc) is 2.69. The maximum absolute atomic E-state index is 6.34. The number of nitrogens with one attached hydrogen (secondary N) is 1. The van der Waals surface area contributed by atoms with Gasteiger partial charge in [-0.05, 0) is 18.1 Å². The molecule has 18 heavy (non-hydrogen) atoms. The third-order valence-corrected chi connectivity index (χ3v) is 8.29. The molecule has 0 amide bonds. The van der Waals surface area contributed by atoms with E-state index in [2.05, 4.69) is 49.0 Å². The number of rotatable bonds is 2. The first kappa shape index (κ1) is 13.4. The first-order chi connectivity index (χ1) is 8.22. The van der Waals surface area contributed by atoms with Crippen LogP contribution < -0.4 is 4.43 Å². The molecule has 2 aromatic rings. The Hall–Kier alpha value is -1.07. The van der Waals surface area contributed by atoms with E-state index in [-0.39, 0.29) is 5.04 Å². The second-order valence-corrected chi connectivity index (χ2v) is 11.0. The van der Waals surface area contributed by atoms with Crippen LogP contribution in [0.25, 0.3) is 11.0 Å². The highest BCUT2D eigenvalue weighted by molar-refractivity contribution is 6.74. The summed E-state index contributed by atoms with van der Waals surface area (Å²) in [6.45, 7) is 10.9. The molecule has 6 heteroatoms. The van der Waals surface area contributed by atoms with E-state index in [0.717, 1.165) is 5.39 Å². The second-order valence-electron chi connectivity index (χ2n) is 5.93. The molecule has 2 aromatic heterocycles. The highest BCUT2D eigenvalue weighted by Crippen LogP contribution is 2.40. The van der Waals surface area contributed by atoms with E-state index in [1.807, 2.05) is 0 Å². The lowest BCUT2D eigenvalue weighted by Crippen LogP contribution is -2.43. The lowest BCUT2D eigenvalue weighted by Gasteiger charge is -2.36. The van der Waals surface area contributed by atoms with Crippen molar-refractivity contribution in [2.75, 3.05) is 0 Å². The number of pyridine rings is 1. The Balaban J connectivity index is 2.41. The molecule has 2 rings (SSSR count). The SMILES string of the molecule is CC(C)(C)[Si](C)(C)Oc1cnc2[nH]ncc2c1Cl. The van der Waals surface area contributed by atoms with Crippen molar-refractivity contribution in [2.45, 2.75) is 38.9 Å². The third-order valence-electron chi connectivity index (χ3n) is 3.55. The first-order valence-electron chi connectivity index (χ1n) is 5.89. The fourth-order valence-corrected chi connectivity index (χ4v) is 2.65. The summed E-state index contributed by atoms with van der Waals surface area (Å²) < 4.78 is 6.18. The molecule has 0 aliphatic heterocycles. The fraction of sp³-hybridized carbons (Fsp3) is 0.500. The van der Waals surface area contributed by atoms with Gasteiger partial charge in [-0.2, -0.15) is 5.10 Å². The van der Waals surface area contributed by atoms with Crippen LogP contribution in [-0.4, -0.2) is 23.5 Å². The molecule has 0 aromatic carbocycles. The Morgan fingerprint density at radius 2 is 1.94 bits per heavy atom. The van der Waals surface area contributed by atoms with E-state index in [9.17, 15) is 0 Å². The Kier molecular flexibility index (Phi) is 3.15. The van der Waals surface area contributed by atoms with Gasteiger partial charge < -0.3 is 4.43 Å². The van der Waals surface area contributed by atoms with Crippen LogP contribution in [0.15, 0.2) is 12.4 Å². The molecule has 98 valence electrons. The van der Waals surface area contributed by atoms with Gasteiger partial charge in [-0.3, -0.25) is 5.10 Å². The molecular weight excluding hydrogens is 266 g/mol. The molecule has 0 aliphatic carbocycles. The highest BCUT2D eigenvalue weighted by atomic mass is 35.5. The van der Waals surface area contributed by atoms with Crippen molar-refractivity contribution in [3.05, 3.63) is 17.4 Å². The molecule has 0 unspecified atom stereocenters. The smallest absolute Gasteiger partial charge is 0.250 e. The number of hydrogen-bond acceptors (Lipinski definition) is 3. The first-order valence-corrected chi connectivity index (χ1v) is 9.17. The Morgan fingerprint density at radius 3 is 2.56 bits per heavy atom. The molecule has 0 radical (unpaired) electrons. The maximum Gasteiger partial charge on any atom is 0.250 e. The molecule has 0 saturated heterocycles. The summed E-state index contributed by atoms with van der Waals surface area (Å²) in [6.07, 6.45) is 3.34. The minimum Gasteiger partial charge on any atom is -0.541 e. The van der Waals surface area contributed by atoms with E-state index in [0.29, 0.717) is 16.4 Å². The Labute approximate surface area is 113 Å². The van der Waals surface area contributed by atoms with Gasteiger partial charge in [0.1, 0.15) is 5.75 Å². The van der Waals surface area contributed by atoms with Crippen LogP contribution in [0.1, 0.15) is 20.8 Å². The molecule has 0 bridgehead atoms. The van der Waals surface area contributed by atoms with Crippen LogP contribution in [0.5, 0.6) is 5.75 Å². The molecule has 0 saturated carbocycles. The number of hydrogen-bond donors (Lipinski definition) is 1. The molecule has 0 spiro atoms. The normalized spacial score (nSPS) is 13.0. The molecule has 2 heterocycles. The standard InChI is InChI=1S/C12H18ClN3OSi/c1-12(2,3)18(4,5)17-9-7-14-11-8(10(9)13)6-15-16-11/h6-7H,1-5H3,(H,14,15,16). The molecule has 1 N–H and O–H groups in total. The van der Waals surface area contributed by atoms with Crippen LogP contribution in [-0.2, 0) is 0 Å². The van der Waals surface area contributed by atoms with Crippen molar-refractivity contribution < 1.29 is 4.43 Å². The van der Waals surface area contributed by atoms with Crippen molar-refractivity contribution in [2.24, 2.45) is 0 Å². The summed E-state index contributed by atoms with van der Waals surface area (Å²) in [5.74, 6) is 0.650. The van der Waals surface area contributed by atoms with Gasteiger partial charge in [-0.1, -0.05) is 32.4 Å². The van der Waals surface area contributed by atoms with Gasteiger partial charge in [-0.25, -0.2) is 4.98 Å². The van der Waals surface area contributed by atoms with Gasteiger partial charge in [0.2, 0.25) is 0 Å². The van der Waals surface area contributed by atoms with Crippen LogP contribution in [0.2, 0.25) is 23.2 Å². The minimum absolute atomic E-state index is 0.127. The summed E-state index contributed by atoms with van der Waals surface area (Å²) in [6, 6.07) is 0. The summed E-state index contributed by atoms with van der Waals surface area (Å²) in [7, 11) is -1.90. The van der Waals surface area contributed by atoms with Crippen molar-refractivity contribution in [3.8, 4) is 5.75 Å². The van der Waals surface area contributed by atoms with Crippen molar-refractivity contribution in [1.82, 2.24) is 15.2 Å². The van der Waals surface area contributed by atoms with Crippen LogP contribution in [0.3, 0.4) is 0 Å². The number of fused-ring (bicyclic) bond motifs is 1. The molecule has 4 nitrogen and oxygen atoms in total. The van der Waals surface area contributed by atoms with Gasteiger partial charge in [0.05, 0.1) is 22.8 Å². The Morgan fingerprint density at radius 1 is 1.28 bits per heavy atom. The average molecular weight is 284 g/mol. The van der Waals surface area contributed by atoms with Gasteiger partial charge in [0.25, 0.3) is 8.32 Å². The molecule has 0 atom stereocenters. The largest absolute Gasteiger partial charge is 0.541 e. The zero-order valence-corrected chi connectivity index (χ0v) is 13.1. The quantitative estimate of drug-likeness (QED) is 0.848.